The number of allylic oxidation sites excluding steroid dienone is 1. The highest BCUT2D eigenvalue weighted by atomic mass is 32.2. The molecule has 0 saturated heterocycles. The summed E-state index contributed by atoms with van der Waals surface area (Å²) in [6.45, 7) is 3.48. The second-order valence-electron chi connectivity index (χ2n) is 11.4. The molecule has 44 heavy (non-hydrogen) atoms. The number of thiazole rings is 1. The molecule has 0 N–H and O–H groups in total. The number of fused-ring (bicyclic) bond motifs is 2. The van der Waals surface area contributed by atoms with Crippen LogP contribution in [0.4, 0.5) is 17.6 Å². The summed E-state index contributed by atoms with van der Waals surface area (Å²) >= 11 is 0.284. The molecule has 1 fully saturated rings. The Morgan fingerprint density at radius 2 is 1.89 bits per heavy atom. The van der Waals surface area contributed by atoms with Crippen molar-refractivity contribution in [2.75, 3.05) is 0 Å². The molecular formula is C29H28F4N6O3S2. The van der Waals surface area contributed by atoms with E-state index in [2.05, 4.69) is 15.1 Å². The van der Waals surface area contributed by atoms with Crippen LogP contribution in [0.5, 0.6) is 0 Å². The highest BCUT2D eigenvalue weighted by molar-refractivity contribution is 7.89. The topological polar surface area (TPSA) is 103 Å². The standard InChI is InChI=1S/C29H28F4N6O3S2/c1-17(2)39(44(41,42)25-15-37(3)16-35-25)22-7-4-19-10-23-18(13-36-38(23)21-8-5-20(30)6-9-21)11-28(19,12-22)26(40)27-34-14-24(43-27)29(31,32)33/h5-6,8-10,13-17,22H,4,7,11-12H2,1-3H3/t22-,28-/m0/s1. The molecule has 3 aromatic heterocycles. The summed E-state index contributed by atoms with van der Waals surface area (Å²) in [5, 5.41) is 4.06. The Bertz CT molecular complexity index is 1870. The molecule has 2 aliphatic rings. The van der Waals surface area contributed by atoms with Gasteiger partial charge in [0.15, 0.2) is 10.0 Å². The Morgan fingerprint density at radius 3 is 2.50 bits per heavy atom. The minimum absolute atomic E-state index is 0.0318. The van der Waals surface area contributed by atoms with Crippen molar-refractivity contribution in [2.45, 2.75) is 62.8 Å². The van der Waals surface area contributed by atoms with E-state index in [1.807, 2.05) is 6.08 Å². The smallest absolute Gasteiger partial charge is 0.339 e. The van der Waals surface area contributed by atoms with Crippen LogP contribution in [0.3, 0.4) is 0 Å². The molecule has 232 valence electrons. The number of rotatable bonds is 7. The zero-order valence-electron chi connectivity index (χ0n) is 23.9. The zero-order chi connectivity index (χ0) is 31.6. The minimum atomic E-state index is -4.66. The second-order valence-corrected chi connectivity index (χ2v) is 14.3. The Kier molecular flexibility index (Phi) is 7.40. The van der Waals surface area contributed by atoms with Crippen molar-refractivity contribution in [3.63, 3.8) is 0 Å². The molecule has 6 rings (SSSR count). The molecular weight excluding hydrogens is 620 g/mol. The first-order valence-corrected chi connectivity index (χ1v) is 16.1. The average molecular weight is 649 g/mol. The molecule has 15 heteroatoms. The predicted octanol–water partition coefficient (Wildman–Crippen LogP) is 5.68. The maximum absolute atomic E-state index is 14.4. The number of Topliss-reactive ketones (excluding diaryl/α,β-unsaturated/α-hetero) is 1. The quantitative estimate of drug-likeness (QED) is 0.189. The molecule has 3 heterocycles. The summed E-state index contributed by atoms with van der Waals surface area (Å²) in [6, 6.07) is 4.61. The lowest BCUT2D eigenvalue weighted by molar-refractivity contribution is -0.134. The number of nitrogens with zero attached hydrogens (tertiary/aromatic N) is 6. The van der Waals surface area contributed by atoms with Gasteiger partial charge in [0.1, 0.15) is 10.7 Å². The fourth-order valence-electron chi connectivity index (χ4n) is 6.33. The monoisotopic (exact) mass is 648 g/mol. The van der Waals surface area contributed by atoms with Crippen LogP contribution < -0.4 is 0 Å². The maximum Gasteiger partial charge on any atom is 0.427 e. The predicted molar refractivity (Wildman–Crippen MR) is 154 cm³/mol. The van der Waals surface area contributed by atoms with Gasteiger partial charge in [0.2, 0.25) is 5.78 Å². The number of benzene rings is 1. The van der Waals surface area contributed by atoms with Crippen LogP contribution in [0.2, 0.25) is 0 Å². The van der Waals surface area contributed by atoms with Crippen LogP contribution >= 0.6 is 11.3 Å². The first-order valence-electron chi connectivity index (χ1n) is 13.8. The second kappa shape index (κ2) is 10.7. The van der Waals surface area contributed by atoms with Crippen LogP contribution in [-0.4, -0.2) is 54.9 Å². The van der Waals surface area contributed by atoms with Gasteiger partial charge in [-0.25, -0.2) is 27.5 Å². The molecule has 0 aliphatic heterocycles. The number of aryl methyl sites for hydroxylation is 1. The average Bonchev–Trinajstić information content (AvgIpc) is 3.71. The Labute approximate surface area is 254 Å². The van der Waals surface area contributed by atoms with E-state index in [4.69, 9.17) is 0 Å². The minimum Gasteiger partial charge on any atom is -0.339 e. The van der Waals surface area contributed by atoms with Gasteiger partial charge in [0, 0.05) is 25.3 Å². The van der Waals surface area contributed by atoms with Crippen molar-refractivity contribution < 1.29 is 30.8 Å². The first kappa shape index (κ1) is 30.3. The van der Waals surface area contributed by atoms with Gasteiger partial charge in [-0.1, -0.05) is 5.57 Å². The fraction of sp³-hybridized carbons (Fsp3) is 0.379. The highest BCUT2D eigenvalue weighted by Gasteiger charge is 2.53. The summed E-state index contributed by atoms with van der Waals surface area (Å²) in [5.74, 6) is -0.999. The Morgan fingerprint density at radius 1 is 1.16 bits per heavy atom. The molecule has 1 aromatic carbocycles. The fourth-order valence-corrected chi connectivity index (χ4v) is 8.98. The highest BCUT2D eigenvalue weighted by Crippen LogP contribution is 2.52. The summed E-state index contributed by atoms with van der Waals surface area (Å²) in [4.78, 5) is 21.3. The van der Waals surface area contributed by atoms with Gasteiger partial charge < -0.3 is 4.57 Å². The van der Waals surface area contributed by atoms with Crippen molar-refractivity contribution >= 4 is 33.2 Å². The van der Waals surface area contributed by atoms with Gasteiger partial charge in [0.25, 0.3) is 10.0 Å². The lowest BCUT2D eigenvalue weighted by Gasteiger charge is -2.47. The van der Waals surface area contributed by atoms with Crippen LogP contribution in [0.25, 0.3) is 11.8 Å². The molecule has 0 bridgehead atoms. The Hall–Kier alpha value is -3.69. The van der Waals surface area contributed by atoms with E-state index >= 15 is 0 Å². The summed E-state index contributed by atoms with van der Waals surface area (Å²) in [5.41, 5.74) is 1.23. The number of carbonyl (C=O) groups is 1. The van der Waals surface area contributed by atoms with Crippen molar-refractivity contribution in [1.29, 1.82) is 0 Å². The molecule has 0 amide bonds. The summed E-state index contributed by atoms with van der Waals surface area (Å²) < 4.78 is 86.4. The first-order chi connectivity index (χ1) is 20.7. The van der Waals surface area contributed by atoms with E-state index in [1.54, 1.807) is 43.9 Å². The number of hydrogen-bond acceptors (Lipinski definition) is 7. The molecule has 0 unspecified atom stereocenters. The number of ketones is 1. The van der Waals surface area contributed by atoms with Crippen molar-refractivity contribution in [1.82, 2.24) is 28.6 Å². The number of sulfonamides is 1. The van der Waals surface area contributed by atoms with E-state index in [-0.39, 0.29) is 34.2 Å². The number of halogens is 4. The largest absolute Gasteiger partial charge is 0.427 e. The number of hydrogen-bond donors (Lipinski definition) is 0. The van der Waals surface area contributed by atoms with Crippen LogP contribution in [-0.2, 0) is 29.7 Å². The van der Waals surface area contributed by atoms with Crippen molar-refractivity contribution in [2.24, 2.45) is 12.5 Å². The van der Waals surface area contributed by atoms with Gasteiger partial charge in [-0.15, -0.1) is 11.3 Å². The number of carbonyl (C=O) groups excluding carboxylic acids is 1. The van der Waals surface area contributed by atoms with Gasteiger partial charge in [-0.3, -0.25) is 4.79 Å². The van der Waals surface area contributed by atoms with Crippen LogP contribution in [0.1, 0.15) is 59.0 Å². The SMILES string of the molecule is CC(C)N([C@H]1CCC2=Cc3c(cnn3-c3ccc(F)cc3)C[C@]2(C(=O)c2ncc(C(F)(F)F)s2)C1)S(=O)(=O)c1cn(C)cn1. The lowest BCUT2D eigenvalue weighted by atomic mass is 9.61. The van der Waals surface area contributed by atoms with E-state index in [1.165, 1.54) is 33.5 Å². The van der Waals surface area contributed by atoms with Crippen LogP contribution in [0.15, 0.2) is 59.8 Å². The van der Waals surface area contributed by atoms with E-state index in [0.29, 0.717) is 41.6 Å². The summed E-state index contributed by atoms with van der Waals surface area (Å²) in [7, 11) is -2.42. The van der Waals surface area contributed by atoms with Gasteiger partial charge in [-0.05, 0) is 75.4 Å². The summed E-state index contributed by atoms with van der Waals surface area (Å²) in [6.07, 6.45) is 2.98. The van der Waals surface area contributed by atoms with E-state index in [9.17, 15) is 30.8 Å². The normalized spacial score (nSPS) is 20.5. The molecule has 1 saturated carbocycles. The third-order valence-corrected chi connectivity index (χ3v) is 11.3. The van der Waals surface area contributed by atoms with E-state index in [0.717, 1.165) is 0 Å². The van der Waals surface area contributed by atoms with Crippen LogP contribution in [0, 0.1) is 11.2 Å². The molecule has 2 atom stereocenters. The molecule has 9 nitrogen and oxygen atoms in total. The molecule has 4 aromatic rings. The molecule has 2 aliphatic carbocycles. The van der Waals surface area contributed by atoms with Crippen molar-refractivity contribution in [3.8, 4) is 5.69 Å². The molecule has 0 radical (unpaired) electrons. The third-order valence-electron chi connectivity index (χ3n) is 8.21. The van der Waals surface area contributed by atoms with Gasteiger partial charge in [-0.2, -0.15) is 22.6 Å². The van der Waals surface area contributed by atoms with Crippen molar-refractivity contribution in [3.05, 3.63) is 81.7 Å². The van der Waals surface area contributed by atoms with E-state index < -0.39 is 50.2 Å². The number of alkyl halides is 3. The number of aromatic nitrogens is 5. The zero-order valence-corrected chi connectivity index (χ0v) is 25.5. The van der Waals surface area contributed by atoms with Gasteiger partial charge in [0.05, 0.1) is 35.5 Å². The Balaban J connectivity index is 1.45. The lowest BCUT2D eigenvalue weighted by Crippen LogP contribution is -2.52. The van der Waals surface area contributed by atoms with Gasteiger partial charge >= 0.3 is 6.18 Å². The third kappa shape index (κ3) is 5.09. The number of imidazole rings is 1. The molecule has 0 spiro atoms. The maximum atomic E-state index is 14.4.